The van der Waals surface area contributed by atoms with E-state index in [1.807, 2.05) is 22.8 Å². The molecule has 0 bridgehead atoms. The van der Waals surface area contributed by atoms with Crippen LogP contribution in [0.3, 0.4) is 0 Å². The summed E-state index contributed by atoms with van der Waals surface area (Å²) < 4.78 is 18.9. The lowest BCUT2D eigenvalue weighted by Crippen LogP contribution is -2.17. The molecule has 0 aliphatic carbocycles. The van der Waals surface area contributed by atoms with Crippen molar-refractivity contribution in [2.24, 2.45) is 4.99 Å². The second-order valence-corrected chi connectivity index (χ2v) is 6.58. The minimum absolute atomic E-state index is 0.368. The first-order valence-electron chi connectivity index (χ1n) is 8.21. The van der Waals surface area contributed by atoms with Gasteiger partial charge in [0.05, 0.1) is 31.6 Å². The normalized spacial score (nSPS) is 11.4. The van der Waals surface area contributed by atoms with Crippen LogP contribution in [0.2, 0.25) is 0 Å². The number of carbonyl (C=O) groups excluding carboxylic acids is 1. The highest BCUT2D eigenvalue weighted by Gasteiger charge is 2.15. The van der Waals surface area contributed by atoms with E-state index in [0.29, 0.717) is 28.4 Å². The first-order valence-corrected chi connectivity index (χ1v) is 9.03. The van der Waals surface area contributed by atoms with Gasteiger partial charge in [-0.15, -0.1) is 6.58 Å². The van der Waals surface area contributed by atoms with Crippen molar-refractivity contribution in [3.8, 4) is 17.2 Å². The lowest BCUT2D eigenvalue weighted by molar-refractivity contribution is 0.0995. The number of hydrogen-bond donors (Lipinski definition) is 0. The fourth-order valence-corrected chi connectivity index (χ4v) is 3.82. The largest absolute Gasteiger partial charge is 0.497 e. The summed E-state index contributed by atoms with van der Waals surface area (Å²) in [5.41, 5.74) is 1.26. The summed E-state index contributed by atoms with van der Waals surface area (Å²) in [6.45, 7) is 4.31. The molecular formula is C20H20N2O4S. The van der Waals surface area contributed by atoms with Gasteiger partial charge in [-0.3, -0.25) is 4.79 Å². The Morgan fingerprint density at radius 3 is 2.59 bits per heavy atom. The van der Waals surface area contributed by atoms with Crippen LogP contribution in [0.5, 0.6) is 17.2 Å². The zero-order chi connectivity index (χ0) is 19.4. The molecule has 1 aromatic heterocycles. The third kappa shape index (κ3) is 3.59. The lowest BCUT2D eigenvalue weighted by Gasteiger charge is -2.08. The molecule has 0 atom stereocenters. The molecule has 1 heterocycles. The van der Waals surface area contributed by atoms with E-state index in [1.165, 1.54) is 18.4 Å². The van der Waals surface area contributed by atoms with Crippen molar-refractivity contribution in [1.82, 2.24) is 4.57 Å². The molecule has 140 valence electrons. The molecule has 0 N–H and O–H groups in total. The highest BCUT2D eigenvalue weighted by molar-refractivity contribution is 7.16. The summed E-state index contributed by atoms with van der Waals surface area (Å²) in [6.07, 6.45) is 1.76. The first-order chi connectivity index (χ1) is 13.1. The van der Waals surface area contributed by atoms with E-state index >= 15 is 0 Å². The van der Waals surface area contributed by atoms with E-state index in [4.69, 9.17) is 14.2 Å². The predicted molar refractivity (Wildman–Crippen MR) is 106 cm³/mol. The molecule has 1 amide bonds. The summed E-state index contributed by atoms with van der Waals surface area (Å²) in [7, 11) is 4.69. The molecule has 6 nitrogen and oxygen atoms in total. The van der Waals surface area contributed by atoms with Crippen molar-refractivity contribution in [3.05, 3.63) is 59.4 Å². The molecule has 7 heteroatoms. The van der Waals surface area contributed by atoms with Crippen LogP contribution in [0.15, 0.2) is 54.0 Å². The lowest BCUT2D eigenvalue weighted by atomic mass is 10.2. The maximum Gasteiger partial charge on any atom is 0.283 e. The number of methoxy groups -OCH3 is 3. The number of hydrogen-bond acceptors (Lipinski definition) is 5. The molecule has 2 aromatic carbocycles. The zero-order valence-electron chi connectivity index (χ0n) is 15.4. The maximum absolute atomic E-state index is 12.8. The van der Waals surface area contributed by atoms with Gasteiger partial charge in [0.1, 0.15) is 22.8 Å². The van der Waals surface area contributed by atoms with Gasteiger partial charge >= 0.3 is 0 Å². The number of amides is 1. The Labute approximate surface area is 161 Å². The molecule has 3 aromatic rings. The smallest absolute Gasteiger partial charge is 0.283 e. The molecule has 0 fully saturated rings. The molecule has 0 radical (unpaired) electrons. The second-order valence-electron chi connectivity index (χ2n) is 5.57. The number of carbonyl (C=O) groups is 1. The Bertz CT molecular complexity index is 1070. The minimum Gasteiger partial charge on any atom is -0.497 e. The van der Waals surface area contributed by atoms with Crippen molar-refractivity contribution in [3.63, 3.8) is 0 Å². The summed E-state index contributed by atoms with van der Waals surface area (Å²) in [6, 6.07) is 10.8. The molecular weight excluding hydrogens is 364 g/mol. The first kappa shape index (κ1) is 18.7. The van der Waals surface area contributed by atoms with E-state index in [9.17, 15) is 4.79 Å². The van der Waals surface area contributed by atoms with Gasteiger partial charge in [-0.05, 0) is 24.3 Å². The van der Waals surface area contributed by atoms with Crippen molar-refractivity contribution >= 4 is 27.5 Å². The molecule has 27 heavy (non-hydrogen) atoms. The molecule has 0 aliphatic heterocycles. The van der Waals surface area contributed by atoms with E-state index in [-0.39, 0.29) is 0 Å². The number of benzene rings is 2. The van der Waals surface area contributed by atoms with Crippen LogP contribution in [0.4, 0.5) is 0 Å². The molecule has 0 aliphatic rings. The third-order valence-electron chi connectivity index (χ3n) is 4.03. The van der Waals surface area contributed by atoms with Gasteiger partial charge in [-0.2, -0.15) is 4.99 Å². The van der Waals surface area contributed by atoms with Crippen LogP contribution in [0.25, 0.3) is 10.2 Å². The number of allylic oxidation sites excluding steroid dienone is 1. The Balaban J connectivity index is 2.17. The summed E-state index contributed by atoms with van der Waals surface area (Å²) in [5, 5.41) is 0. The van der Waals surface area contributed by atoms with Crippen LogP contribution in [-0.2, 0) is 6.54 Å². The van der Waals surface area contributed by atoms with E-state index in [1.54, 1.807) is 38.5 Å². The fraction of sp³-hybridized carbons (Fsp3) is 0.200. The van der Waals surface area contributed by atoms with Gasteiger partial charge in [-0.25, -0.2) is 0 Å². The standard InChI is InChI=1S/C20H20N2O4S/c1-5-11-22-18-15(25-3)7-6-8-17(18)27-20(22)21-19(23)14-10-9-13(24-2)12-16(14)26-4/h5-10,12H,1,11H2,2-4H3. The van der Waals surface area contributed by atoms with Crippen molar-refractivity contribution in [2.45, 2.75) is 6.54 Å². The summed E-state index contributed by atoms with van der Waals surface area (Å²) in [5.74, 6) is 1.35. The number of ether oxygens (including phenoxy) is 3. The van der Waals surface area contributed by atoms with Crippen molar-refractivity contribution < 1.29 is 19.0 Å². The molecule has 3 rings (SSSR count). The fourth-order valence-electron chi connectivity index (χ4n) is 2.77. The van der Waals surface area contributed by atoms with Crippen molar-refractivity contribution in [2.75, 3.05) is 21.3 Å². The molecule has 0 saturated heterocycles. The second kappa shape index (κ2) is 8.09. The van der Waals surface area contributed by atoms with Gasteiger partial charge in [-0.1, -0.05) is 23.5 Å². The highest BCUT2D eigenvalue weighted by atomic mass is 32.1. The van der Waals surface area contributed by atoms with E-state index in [0.717, 1.165) is 16.0 Å². The Morgan fingerprint density at radius 2 is 1.93 bits per heavy atom. The van der Waals surface area contributed by atoms with Crippen LogP contribution >= 0.6 is 11.3 Å². The quantitative estimate of drug-likeness (QED) is 0.609. The van der Waals surface area contributed by atoms with E-state index in [2.05, 4.69) is 11.6 Å². The van der Waals surface area contributed by atoms with Crippen LogP contribution < -0.4 is 19.0 Å². The Kier molecular flexibility index (Phi) is 5.61. The summed E-state index contributed by atoms with van der Waals surface area (Å²) >= 11 is 1.42. The highest BCUT2D eigenvalue weighted by Crippen LogP contribution is 2.28. The number of nitrogens with zero attached hydrogens (tertiary/aromatic N) is 2. The van der Waals surface area contributed by atoms with Crippen LogP contribution in [0, 0.1) is 0 Å². The van der Waals surface area contributed by atoms with Gasteiger partial charge < -0.3 is 18.8 Å². The Hall–Kier alpha value is -3.06. The monoisotopic (exact) mass is 384 g/mol. The SMILES string of the molecule is C=CCn1c(=NC(=O)c2ccc(OC)cc2OC)sc2cccc(OC)c21. The number of aromatic nitrogens is 1. The molecule has 0 unspecified atom stereocenters. The number of thiazole rings is 1. The maximum atomic E-state index is 12.8. The third-order valence-corrected chi connectivity index (χ3v) is 5.08. The summed E-state index contributed by atoms with van der Waals surface area (Å²) in [4.78, 5) is 17.7. The predicted octanol–water partition coefficient (Wildman–Crippen LogP) is 3.66. The molecule has 0 spiro atoms. The van der Waals surface area contributed by atoms with Gasteiger partial charge in [0, 0.05) is 12.6 Å². The average Bonchev–Trinajstić information content (AvgIpc) is 3.04. The molecule has 0 saturated carbocycles. The van der Waals surface area contributed by atoms with Crippen molar-refractivity contribution in [1.29, 1.82) is 0 Å². The minimum atomic E-state index is -0.391. The van der Waals surface area contributed by atoms with Gasteiger partial charge in [0.25, 0.3) is 5.91 Å². The number of rotatable bonds is 6. The van der Waals surface area contributed by atoms with Gasteiger partial charge in [0.15, 0.2) is 4.80 Å². The van der Waals surface area contributed by atoms with Crippen LogP contribution in [0.1, 0.15) is 10.4 Å². The van der Waals surface area contributed by atoms with Gasteiger partial charge in [0.2, 0.25) is 0 Å². The Morgan fingerprint density at radius 1 is 1.15 bits per heavy atom. The average molecular weight is 384 g/mol. The van der Waals surface area contributed by atoms with Crippen LogP contribution in [-0.4, -0.2) is 31.8 Å². The number of para-hydroxylation sites is 1. The zero-order valence-corrected chi connectivity index (χ0v) is 16.2. The number of fused-ring (bicyclic) bond motifs is 1. The van der Waals surface area contributed by atoms with E-state index < -0.39 is 5.91 Å². The topological polar surface area (TPSA) is 62.1 Å².